The van der Waals surface area contributed by atoms with Crippen LogP contribution in [0.25, 0.3) is 0 Å². The van der Waals surface area contributed by atoms with E-state index in [0.29, 0.717) is 5.17 Å². The van der Waals surface area contributed by atoms with E-state index in [1.54, 1.807) is 0 Å². The van der Waals surface area contributed by atoms with E-state index in [0.717, 1.165) is 25.7 Å². The Labute approximate surface area is 73.2 Å². The Morgan fingerprint density at radius 3 is 2.09 bits per heavy atom. The monoisotopic (exact) mass is 177 g/mol. The highest BCUT2D eigenvalue weighted by Crippen LogP contribution is 2.17. The lowest BCUT2D eigenvalue weighted by Gasteiger charge is -2.10. The van der Waals surface area contributed by atoms with Gasteiger partial charge in [-0.2, -0.15) is 0 Å². The molecule has 0 heterocycles. The van der Waals surface area contributed by atoms with Crippen LogP contribution in [0.2, 0.25) is 0 Å². The van der Waals surface area contributed by atoms with Crippen LogP contribution in [0.15, 0.2) is 5.16 Å². The molecule has 0 fully saturated rings. The second-order valence-electron chi connectivity index (χ2n) is 2.70. The first-order chi connectivity index (χ1) is 5.26. The smallest absolute Gasteiger partial charge is 0.148 e. The first-order valence-electron chi connectivity index (χ1n) is 4.13. The van der Waals surface area contributed by atoms with Crippen molar-refractivity contribution in [2.45, 2.75) is 39.5 Å². The van der Waals surface area contributed by atoms with E-state index in [4.69, 9.17) is 16.8 Å². The summed E-state index contributed by atoms with van der Waals surface area (Å²) in [5.41, 5.74) is 0. The lowest BCUT2D eigenvalue weighted by atomic mass is 10.00. The van der Waals surface area contributed by atoms with Crippen molar-refractivity contribution in [1.29, 1.82) is 0 Å². The lowest BCUT2D eigenvalue weighted by molar-refractivity contribution is 0.315. The minimum Gasteiger partial charge on any atom is -0.410 e. The van der Waals surface area contributed by atoms with Crippen molar-refractivity contribution < 1.29 is 5.21 Å². The molecule has 0 aliphatic heterocycles. The zero-order valence-electron chi connectivity index (χ0n) is 7.18. The molecule has 66 valence electrons. The predicted molar refractivity (Wildman–Crippen MR) is 48.4 cm³/mol. The Morgan fingerprint density at radius 1 is 1.36 bits per heavy atom. The van der Waals surface area contributed by atoms with Crippen molar-refractivity contribution in [2.24, 2.45) is 11.1 Å². The van der Waals surface area contributed by atoms with Gasteiger partial charge in [0.2, 0.25) is 0 Å². The Bertz CT molecular complexity index is 119. The van der Waals surface area contributed by atoms with E-state index in [2.05, 4.69) is 19.0 Å². The third kappa shape index (κ3) is 4.25. The molecule has 0 aromatic carbocycles. The van der Waals surface area contributed by atoms with Gasteiger partial charge in [0.15, 0.2) is 0 Å². The van der Waals surface area contributed by atoms with Gasteiger partial charge in [-0.25, -0.2) is 0 Å². The van der Waals surface area contributed by atoms with Crippen LogP contribution in [0, 0.1) is 5.92 Å². The number of rotatable bonds is 5. The Balaban J connectivity index is 3.87. The van der Waals surface area contributed by atoms with Gasteiger partial charge in [-0.05, 0) is 12.8 Å². The van der Waals surface area contributed by atoms with Gasteiger partial charge in [-0.1, -0.05) is 43.4 Å². The van der Waals surface area contributed by atoms with Crippen LogP contribution in [0.5, 0.6) is 0 Å². The van der Waals surface area contributed by atoms with E-state index < -0.39 is 0 Å². The average Bonchev–Trinajstić information content (AvgIpc) is 2.03. The molecule has 0 aliphatic rings. The van der Waals surface area contributed by atoms with Gasteiger partial charge in [-0.3, -0.25) is 0 Å². The van der Waals surface area contributed by atoms with Crippen LogP contribution >= 0.6 is 11.6 Å². The molecule has 0 spiro atoms. The maximum absolute atomic E-state index is 8.41. The summed E-state index contributed by atoms with van der Waals surface area (Å²) in [7, 11) is 0. The number of hydrogen-bond donors (Lipinski definition) is 1. The van der Waals surface area contributed by atoms with Crippen LogP contribution in [0.1, 0.15) is 39.5 Å². The van der Waals surface area contributed by atoms with Gasteiger partial charge in [0, 0.05) is 5.92 Å². The average molecular weight is 178 g/mol. The molecule has 0 amide bonds. The zero-order chi connectivity index (χ0) is 8.69. The normalized spacial score (nSPS) is 12.5. The molecule has 0 unspecified atom stereocenters. The largest absolute Gasteiger partial charge is 0.410 e. The highest BCUT2D eigenvalue weighted by Gasteiger charge is 2.11. The topological polar surface area (TPSA) is 32.6 Å². The second-order valence-corrected chi connectivity index (χ2v) is 3.08. The van der Waals surface area contributed by atoms with Crippen molar-refractivity contribution in [1.82, 2.24) is 0 Å². The predicted octanol–water partition coefficient (Wildman–Crippen LogP) is 3.23. The quantitative estimate of drug-likeness (QED) is 0.390. The molecule has 0 aromatic rings. The van der Waals surface area contributed by atoms with Crippen LogP contribution in [0.4, 0.5) is 0 Å². The zero-order valence-corrected chi connectivity index (χ0v) is 7.93. The summed E-state index contributed by atoms with van der Waals surface area (Å²) in [4.78, 5) is 0. The van der Waals surface area contributed by atoms with Crippen molar-refractivity contribution in [3.63, 3.8) is 0 Å². The number of halogens is 1. The lowest BCUT2D eigenvalue weighted by Crippen LogP contribution is -2.08. The van der Waals surface area contributed by atoms with Gasteiger partial charge >= 0.3 is 0 Å². The van der Waals surface area contributed by atoms with Crippen LogP contribution in [0.3, 0.4) is 0 Å². The van der Waals surface area contributed by atoms with Crippen molar-refractivity contribution in [2.75, 3.05) is 0 Å². The summed E-state index contributed by atoms with van der Waals surface area (Å²) in [6, 6.07) is 0. The van der Waals surface area contributed by atoms with Gasteiger partial charge < -0.3 is 5.21 Å². The SMILES string of the molecule is CCCC(CCC)C(Cl)=NO. The molecule has 0 rings (SSSR count). The minimum absolute atomic E-state index is 0.261. The van der Waals surface area contributed by atoms with Crippen molar-refractivity contribution in [3.8, 4) is 0 Å². The van der Waals surface area contributed by atoms with E-state index >= 15 is 0 Å². The standard InChI is InChI=1S/C8H16ClNO/c1-3-5-7(6-4-2)8(9)10-11/h7,11H,3-6H2,1-2H3. The van der Waals surface area contributed by atoms with Crippen LogP contribution in [-0.4, -0.2) is 10.4 Å². The van der Waals surface area contributed by atoms with Crippen molar-refractivity contribution >= 4 is 16.8 Å². The Morgan fingerprint density at radius 2 is 1.82 bits per heavy atom. The Hall–Kier alpha value is -0.240. The first kappa shape index (κ1) is 10.8. The fraction of sp³-hybridized carbons (Fsp3) is 0.875. The maximum atomic E-state index is 8.41. The molecule has 0 aliphatic carbocycles. The molecule has 0 aromatic heterocycles. The van der Waals surface area contributed by atoms with E-state index in [-0.39, 0.29) is 5.92 Å². The summed E-state index contributed by atoms with van der Waals surface area (Å²) in [5.74, 6) is 0.261. The fourth-order valence-electron chi connectivity index (χ4n) is 1.16. The molecule has 0 bridgehead atoms. The summed E-state index contributed by atoms with van der Waals surface area (Å²) in [6.07, 6.45) is 4.18. The molecule has 1 N–H and O–H groups in total. The highest BCUT2D eigenvalue weighted by atomic mass is 35.5. The Kier molecular flexibility index (Phi) is 6.33. The van der Waals surface area contributed by atoms with Crippen LogP contribution in [-0.2, 0) is 0 Å². The second kappa shape index (κ2) is 6.47. The fourth-order valence-corrected chi connectivity index (χ4v) is 1.38. The summed E-state index contributed by atoms with van der Waals surface area (Å²) < 4.78 is 0. The van der Waals surface area contributed by atoms with Gasteiger partial charge in [0.25, 0.3) is 0 Å². The molecule has 11 heavy (non-hydrogen) atoms. The maximum Gasteiger partial charge on any atom is 0.148 e. The third-order valence-corrected chi connectivity index (χ3v) is 2.09. The van der Waals surface area contributed by atoms with E-state index in [1.807, 2.05) is 0 Å². The molecule has 0 radical (unpaired) electrons. The van der Waals surface area contributed by atoms with Gasteiger partial charge in [-0.15, -0.1) is 0 Å². The number of nitrogens with zero attached hydrogens (tertiary/aromatic N) is 1. The van der Waals surface area contributed by atoms with E-state index in [9.17, 15) is 0 Å². The molecule has 0 saturated heterocycles. The van der Waals surface area contributed by atoms with E-state index in [1.165, 1.54) is 0 Å². The van der Waals surface area contributed by atoms with Crippen LogP contribution < -0.4 is 0 Å². The van der Waals surface area contributed by atoms with Gasteiger partial charge in [0.1, 0.15) is 5.17 Å². The van der Waals surface area contributed by atoms with Gasteiger partial charge in [0.05, 0.1) is 0 Å². The first-order valence-corrected chi connectivity index (χ1v) is 4.51. The molecule has 3 heteroatoms. The minimum atomic E-state index is 0.261. The molecule has 0 atom stereocenters. The summed E-state index contributed by atoms with van der Waals surface area (Å²) in [6.45, 7) is 4.20. The third-order valence-electron chi connectivity index (χ3n) is 1.71. The van der Waals surface area contributed by atoms with Crippen molar-refractivity contribution in [3.05, 3.63) is 0 Å². The molecular formula is C8H16ClNO. The highest BCUT2D eigenvalue weighted by molar-refractivity contribution is 6.65. The molecule has 2 nitrogen and oxygen atoms in total. The summed E-state index contributed by atoms with van der Waals surface area (Å²) in [5, 5.41) is 11.8. The molecule has 0 saturated carbocycles. The molecular weight excluding hydrogens is 162 g/mol. The number of hydrogen-bond acceptors (Lipinski definition) is 2. The number of oxime groups is 1. The summed E-state index contributed by atoms with van der Waals surface area (Å²) >= 11 is 5.69.